The van der Waals surface area contributed by atoms with Gasteiger partial charge in [-0.3, -0.25) is 0 Å². The molecule has 20 heavy (non-hydrogen) atoms. The van der Waals surface area contributed by atoms with Crippen LogP contribution in [0.4, 0.5) is 5.69 Å². The summed E-state index contributed by atoms with van der Waals surface area (Å²) < 4.78 is 30.5. The van der Waals surface area contributed by atoms with Crippen LogP contribution in [0.1, 0.15) is 18.4 Å². The first-order chi connectivity index (χ1) is 9.36. The molecule has 0 spiro atoms. The van der Waals surface area contributed by atoms with Crippen molar-refractivity contribution >= 4 is 15.7 Å². The van der Waals surface area contributed by atoms with Gasteiger partial charge in [-0.15, -0.1) is 0 Å². The minimum absolute atomic E-state index is 0.246. The van der Waals surface area contributed by atoms with E-state index in [1.807, 2.05) is 25.1 Å². The number of ether oxygens (including phenoxy) is 1. The van der Waals surface area contributed by atoms with Gasteiger partial charge >= 0.3 is 0 Å². The van der Waals surface area contributed by atoms with Crippen molar-refractivity contribution in [1.29, 1.82) is 0 Å². The highest BCUT2D eigenvalue weighted by atomic mass is 32.2. The van der Waals surface area contributed by atoms with Gasteiger partial charge in [-0.2, -0.15) is 0 Å². The Morgan fingerprint density at radius 1 is 1.45 bits per heavy atom. The number of piperidine rings is 1. The fourth-order valence-electron chi connectivity index (χ4n) is 2.51. The van der Waals surface area contributed by atoms with E-state index in [4.69, 9.17) is 10.5 Å². The molecule has 1 aromatic carbocycles. The lowest BCUT2D eigenvalue weighted by Crippen LogP contribution is -2.40. The normalized spacial score (nSPS) is 20.8. The van der Waals surface area contributed by atoms with Crippen LogP contribution < -0.4 is 10.5 Å². The quantitative estimate of drug-likeness (QED) is 0.858. The summed E-state index contributed by atoms with van der Waals surface area (Å²) in [6, 6.07) is 5.55. The number of nitrogens with two attached hydrogens (primary N) is 1. The molecular weight excluding hydrogens is 276 g/mol. The summed E-state index contributed by atoms with van der Waals surface area (Å²) in [4.78, 5) is 0. The van der Waals surface area contributed by atoms with Crippen molar-refractivity contribution in [1.82, 2.24) is 4.31 Å². The summed E-state index contributed by atoms with van der Waals surface area (Å²) >= 11 is 0. The van der Waals surface area contributed by atoms with Crippen LogP contribution in [-0.4, -0.2) is 38.7 Å². The van der Waals surface area contributed by atoms with Gasteiger partial charge in [0.2, 0.25) is 10.0 Å². The lowest BCUT2D eigenvalue weighted by Gasteiger charge is -2.30. The summed E-state index contributed by atoms with van der Waals surface area (Å²) in [5.41, 5.74) is 7.42. The standard InChI is InChI=1S/C14H22N2O3S/c1-11-8-13(15)5-6-14(11)19-10-12-4-3-7-16(9-12)20(2,17)18/h5-6,8,12H,3-4,7,9-10,15H2,1-2H3. The molecule has 0 amide bonds. The molecule has 0 aromatic heterocycles. The van der Waals surface area contributed by atoms with Gasteiger partial charge < -0.3 is 10.5 Å². The number of benzene rings is 1. The fourth-order valence-corrected chi connectivity index (χ4v) is 3.45. The van der Waals surface area contributed by atoms with Crippen LogP contribution in [0, 0.1) is 12.8 Å². The van der Waals surface area contributed by atoms with Gasteiger partial charge in [0.25, 0.3) is 0 Å². The zero-order valence-electron chi connectivity index (χ0n) is 12.0. The molecule has 5 nitrogen and oxygen atoms in total. The molecule has 0 radical (unpaired) electrons. The summed E-state index contributed by atoms with van der Waals surface area (Å²) in [5, 5.41) is 0. The highest BCUT2D eigenvalue weighted by Gasteiger charge is 2.26. The van der Waals surface area contributed by atoms with Gasteiger partial charge in [-0.05, 0) is 43.5 Å². The van der Waals surface area contributed by atoms with Crippen LogP contribution in [0.15, 0.2) is 18.2 Å². The molecular formula is C14H22N2O3S. The second-order valence-electron chi connectivity index (χ2n) is 5.47. The van der Waals surface area contributed by atoms with Crippen molar-refractivity contribution in [2.75, 3.05) is 31.7 Å². The lowest BCUT2D eigenvalue weighted by atomic mass is 10.0. The third-order valence-corrected chi connectivity index (χ3v) is 4.89. The number of hydrogen-bond acceptors (Lipinski definition) is 4. The van der Waals surface area contributed by atoms with Crippen molar-refractivity contribution in [3.05, 3.63) is 23.8 Å². The molecule has 0 aliphatic carbocycles. The first-order valence-electron chi connectivity index (χ1n) is 6.80. The molecule has 1 aliphatic heterocycles. The van der Waals surface area contributed by atoms with E-state index in [1.54, 1.807) is 4.31 Å². The molecule has 1 atom stereocenters. The molecule has 6 heteroatoms. The van der Waals surface area contributed by atoms with Gasteiger partial charge in [-0.25, -0.2) is 12.7 Å². The maximum Gasteiger partial charge on any atom is 0.211 e. The predicted molar refractivity (Wildman–Crippen MR) is 80.2 cm³/mol. The molecule has 1 aliphatic rings. The Morgan fingerprint density at radius 2 is 2.20 bits per heavy atom. The Bertz CT molecular complexity index is 572. The topological polar surface area (TPSA) is 72.6 Å². The molecule has 2 rings (SSSR count). The van der Waals surface area contributed by atoms with Crippen LogP contribution in [0.2, 0.25) is 0 Å². The predicted octanol–water partition coefficient (Wildman–Crippen LogP) is 1.63. The third kappa shape index (κ3) is 3.86. The van der Waals surface area contributed by atoms with Crippen LogP contribution in [-0.2, 0) is 10.0 Å². The highest BCUT2D eigenvalue weighted by Crippen LogP contribution is 2.23. The maximum absolute atomic E-state index is 11.6. The van der Waals surface area contributed by atoms with Gasteiger partial charge in [0.05, 0.1) is 12.9 Å². The number of rotatable bonds is 4. The number of nitrogen functional groups attached to an aromatic ring is 1. The smallest absolute Gasteiger partial charge is 0.211 e. The second-order valence-corrected chi connectivity index (χ2v) is 7.45. The zero-order chi connectivity index (χ0) is 14.8. The van der Waals surface area contributed by atoms with Crippen molar-refractivity contribution in [2.24, 2.45) is 5.92 Å². The Morgan fingerprint density at radius 3 is 2.85 bits per heavy atom. The van der Waals surface area contributed by atoms with E-state index in [0.717, 1.165) is 29.8 Å². The van der Waals surface area contributed by atoms with Gasteiger partial charge in [0.15, 0.2) is 0 Å². The van der Waals surface area contributed by atoms with Crippen LogP contribution in [0.25, 0.3) is 0 Å². The molecule has 1 fully saturated rings. The van der Waals surface area contributed by atoms with Gasteiger partial charge in [-0.1, -0.05) is 0 Å². The number of nitrogens with zero attached hydrogens (tertiary/aromatic N) is 1. The highest BCUT2D eigenvalue weighted by molar-refractivity contribution is 7.88. The van der Waals surface area contributed by atoms with E-state index in [2.05, 4.69) is 0 Å². The average Bonchev–Trinajstić information content (AvgIpc) is 2.37. The van der Waals surface area contributed by atoms with E-state index in [0.29, 0.717) is 19.7 Å². The number of hydrogen-bond donors (Lipinski definition) is 1. The monoisotopic (exact) mass is 298 g/mol. The van der Waals surface area contributed by atoms with Gasteiger partial charge in [0.1, 0.15) is 5.75 Å². The van der Waals surface area contributed by atoms with E-state index >= 15 is 0 Å². The molecule has 0 saturated carbocycles. The first kappa shape index (κ1) is 15.1. The SMILES string of the molecule is Cc1cc(N)ccc1OCC1CCCN(S(C)(=O)=O)C1. The Kier molecular flexibility index (Phi) is 4.55. The van der Waals surface area contributed by atoms with Crippen LogP contribution in [0.3, 0.4) is 0 Å². The second kappa shape index (κ2) is 6.01. The molecule has 1 saturated heterocycles. The number of sulfonamides is 1. The Labute approximate surface area is 120 Å². The third-order valence-electron chi connectivity index (χ3n) is 3.62. The summed E-state index contributed by atoms with van der Waals surface area (Å²) in [7, 11) is -3.09. The fraction of sp³-hybridized carbons (Fsp3) is 0.571. The molecule has 1 aromatic rings. The van der Waals surface area contributed by atoms with E-state index in [9.17, 15) is 8.42 Å². The Balaban J connectivity index is 1.94. The summed E-state index contributed by atoms with van der Waals surface area (Å²) in [6.45, 7) is 3.66. The van der Waals surface area contributed by atoms with E-state index < -0.39 is 10.0 Å². The molecule has 1 unspecified atom stereocenters. The van der Waals surface area contributed by atoms with Crippen molar-refractivity contribution in [3.63, 3.8) is 0 Å². The van der Waals surface area contributed by atoms with E-state index in [-0.39, 0.29) is 5.92 Å². The van der Waals surface area contributed by atoms with Crippen molar-refractivity contribution in [3.8, 4) is 5.75 Å². The summed E-state index contributed by atoms with van der Waals surface area (Å²) in [5.74, 6) is 1.06. The maximum atomic E-state index is 11.6. The van der Waals surface area contributed by atoms with Gasteiger partial charge in [0, 0.05) is 24.7 Å². The molecule has 1 heterocycles. The first-order valence-corrected chi connectivity index (χ1v) is 8.65. The minimum Gasteiger partial charge on any atom is -0.493 e. The largest absolute Gasteiger partial charge is 0.493 e. The average molecular weight is 298 g/mol. The zero-order valence-corrected chi connectivity index (χ0v) is 12.8. The van der Waals surface area contributed by atoms with Crippen molar-refractivity contribution < 1.29 is 13.2 Å². The van der Waals surface area contributed by atoms with Crippen LogP contribution in [0.5, 0.6) is 5.75 Å². The van der Waals surface area contributed by atoms with Crippen LogP contribution >= 0.6 is 0 Å². The minimum atomic E-state index is -3.09. The van der Waals surface area contributed by atoms with E-state index in [1.165, 1.54) is 6.26 Å². The Hall–Kier alpha value is -1.27. The molecule has 0 bridgehead atoms. The molecule has 2 N–H and O–H groups in total. The number of aryl methyl sites for hydroxylation is 1. The number of anilines is 1. The molecule has 112 valence electrons. The lowest BCUT2D eigenvalue weighted by molar-refractivity contribution is 0.180. The summed E-state index contributed by atoms with van der Waals surface area (Å²) in [6.07, 6.45) is 3.15. The van der Waals surface area contributed by atoms with Crippen molar-refractivity contribution in [2.45, 2.75) is 19.8 Å².